The first-order valence-corrected chi connectivity index (χ1v) is 14.8. The van der Waals surface area contributed by atoms with E-state index in [1.54, 1.807) is 11.8 Å². The highest BCUT2D eigenvalue weighted by molar-refractivity contribution is 8.03. The first-order valence-electron chi connectivity index (χ1n) is 12.0. The number of nitrogens with zero attached hydrogens (tertiary/aromatic N) is 7. The van der Waals surface area contributed by atoms with Gasteiger partial charge in [0.15, 0.2) is 5.13 Å². The van der Waals surface area contributed by atoms with E-state index in [-0.39, 0.29) is 41.3 Å². The molecule has 0 bridgehead atoms. The Labute approximate surface area is 258 Å². The lowest BCUT2D eigenvalue weighted by atomic mass is 10.0. The number of anilines is 1. The summed E-state index contributed by atoms with van der Waals surface area (Å²) in [6.45, 7) is 0.856. The number of hydrogen-bond acceptors (Lipinski definition) is 15. The molecule has 1 fully saturated rings. The van der Waals surface area contributed by atoms with Crippen LogP contribution in [0, 0.1) is 0 Å². The molecule has 224 valence electrons. The Morgan fingerprint density at radius 1 is 1.38 bits per heavy atom. The third kappa shape index (κ3) is 6.13. The van der Waals surface area contributed by atoms with Crippen LogP contribution in [0.4, 0.5) is 5.13 Å². The summed E-state index contributed by atoms with van der Waals surface area (Å²) in [4.78, 5) is 54.2. The van der Waals surface area contributed by atoms with Crippen LogP contribution < -0.4 is 22.2 Å². The average Bonchev–Trinajstić information content (AvgIpc) is 3.57. The molecule has 0 aliphatic carbocycles. The van der Waals surface area contributed by atoms with E-state index in [2.05, 4.69) is 30.2 Å². The first kappa shape index (κ1) is 31.0. The molecule has 42 heavy (non-hydrogen) atoms. The van der Waals surface area contributed by atoms with E-state index < -0.39 is 29.2 Å². The maximum absolute atomic E-state index is 13.1. The average molecular weight is 656 g/mol. The van der Waals surface area contributed by atoms with E-state index in [4.69, 9.17) is 16.3 Å². The molecule has 0 unspecified atom stereocenters. The zero-order valence-electron chi connectivity index (χ0n) is 21.9. The number of hydrazine groups is 1. The van der Waals surface area contributed by atoms with E-state index >= 15 is 0 Å². The predicted molar refractivity (Wildman–Crippen MR) is 162 cm³/mol. The minimum Gasteiger partial charge on any atom is -0.477 e. The standard InChI is InChI=1S/C22H25N11O5S3.ClH/c1-38-29-14(17-27-22(24)41-30-17)18(34)26-15-19(35)33-16(21(36)37)11(9-40-20(15)33)8-31-5-6-32-13(31)3-2-12(28-32)39-7-4-25-10-23;/h2-3,5-6,10,15,20,28H,4,7-9H2,1H3,(H2,23,25)(H,26,34)(H,36,37)(H2,24,27,30);1H/b29-14-;/t15-,20+;/m1./s1. The van der Waals surface area contributed by atoms with Crippen LogP contribution in [0.5, 0.6) is 0 Å². The number of rotatable bonds is 11. The minimum absolute atomic E-state index is 0. The molecule has 7 N–H and O–H groups in total. The van der Waals surface area contributed by atoms with Crippen LogP contribution in [0.2, 0.25) is 0 Å². The van der Waals surface area contributed by atoms with Crippen LogP contribution >= 0.6 is 47.5 Å². The van der Waals surface area contributed by atoms with Gasteiger partial charge in [0, 0.05) is 42.0 Å². The van der Waals surface area contributed by atoms with Gasteiger partial charge in [0.05, 0.1) is 17.9 Å². The number of fused-ring (bicyclic) bond motifs is 2. The Bertz CT molecular complexity index is 1440. The summed E-state index contributed by atoms with van der Waals surface area (Å²) < 4.78 is 3.97. The largest absolute Gasteiger partial charge is 0.477 e. The number of carbonyl (C=O) groups excluding carboxylic acids is 2. The summed E-state index contributed by atoms with van der Waals surface area (Å²) in [6.07, 6.45) is 8.81. The smallest absolute Gasteiger partial charge is 0.352 e. The van der Waals surface area contributed by atoms with Crippen molar-refractivity contribution in [1.29, 1.82) is 0 Å². The zero-order valence-corrected chi connectivity index (χ0v) is 25.1. The lowest BCUT2D eigenvalue weighted by Gasteiger charge is -2.49. The molecule has 2 amide bonds. The quantitative estimate of drug-likeness (QED) is 0.0676. The van der Waals surface area contributed by atoms with Gasteiger partial charge in [-0.3, -0.25) is 24.9 Å². The van der Waals surface area contributed by atoms with Crippen LogP contribution in [0.3, 0.4) is 0 Å². The third-order valence-corrected chi connectivity index (χ3v) is 8.89. The number of amides is 2. The van der Waals surface area contributed by atoms with Crippen molar-refractivity contribution >= 4 is 82.4 Å². The van der Waals surface area contributed by atoms with Gasteiger partial charge in [0.1, 0.15) is 30.0 Å². The van der Waals surface area contributed by atoms with Gasteiger partial charge in [0.25, 0.3) is 11.8 Å². The van der Waals surface area contributed by atoms with Crippen molar-refractivity contribution in [3.05, 3.63) is 52.5 Å². The molecule has 4 aliphatic heterocycles. The van der Waals surface area contributed by atoms with Gasteiger partial charge in [-0.2, -0.15) is 9.36 Å². The Morgan fingerprint density at radius 3 is 2.88 bits per heavy atom. The summed E-state index contributed by atoms with van der Waals surface area (Å²) in [5.41, 5.74) is 14.4. The van der Waals surface area contributed by atoms with Crippen molar-refractivity contribution in [2.24, 2.45) is 15.9 Å². The number of aliphatic carboxylic acids is 1. The number of carboxylic acid groups (broad SMARTS) is 1. The second kappa shape index (κ2) is 13.4. The molecule has 16 nitrogen and oxygen atoms in total. The summed E-state index contributed by atoms with van der Waals surface area (Å²) in [7, 11) is 1.25. The molecular formula is C22H26ClN11O5S3. The van der Waals surface area contributed by atoms with Gasteiger partial charge in [0.2, 0.25) is 11.5 Å². The summed E-state index contributed by atoms with van der Waals surface area (Å²) in [5.74, 6) is -0.649. The highest BCUT2D eigenvalue weighted by Gasteiger charge is 2.54. The molecular weight excluding hydrogens is 630 g/mol. The topological polar surface area (TPSA) is 217 Å². The van der Waals surface area contributed by atoms with E-state index in [0.29, 0.717) is 17.9 Å². The minimum atomic E-state index is -1.22. The van der Waals surface area contributed by atoms with Crippen molar-refractivity contribution < 1.29 is 24.3 Å². The van der Waals surface area contributed by atoms with Gasteiger partial charge in [-0.15, -0.1) is 35.9 Å². The number of aromatic nitrogens is 2. The molecule has 0 spiro atoms. The Kier molecular flexibility index (Phi) is 9.86. The summed E-state index contributed by atoms with van der Waals surface area (Å²) in [5, 5.41) is 18.6. The van der Waals surface area contributed by atoms with Gasteiger partial charge in [-0.1, -0.05) is 5.16 Å². The molecule has 5 heterocycles. The number of carboxylic acids is 1. The SMILES string of the molecule is CO/N=C(\C(=O)N[C@@H]1C(=O)N2C(C(=O)O)=C(CN3C=CN4NC(SCCN=CN)=CC=C34)CS[C@@H]12)c1nsc(N)n1.Cl. The van der Waals surface area contributed by atoms with E-state index in [0.717, 1.165) is 28.1 Å². The number of aliphatic imine (C=N–C) groups is 1. The number of hydrogen-bond donors (Lipinski definition) is 5. The number of halogens is 1. The number of nitrogens with two attached hydrogens (primary N) is 2. The molecule has 1 aromatic rings. The fourth-order valence-electron chi connectivity index (χ4n) is 4.34. The molecule has 0 radical (unpaired) electrons. The highest BCUT2D eigenvalue weighted by atomic mass is 35.5. The lowest BCUT2D eigenvalue weighted by Crippen LogP contribution is -2.71. The van der Waals surface area contributed by atoms with Crippen molar-refractivity contribution in [2.45, 2.75) is 11.4 Å². The molecule has 0 aromatic carbocycles. The van der Waals surface area contributed by atoms with Crippen LogP contribution in [0.25, 0.3) is 0 Å². The van der Waals surface area contributed by atoms with Crippen LogP contribution in [0.1, 0.15) is 5.82 Å². The second-order valence-electron chi connectivity index (χ2n) is 8.56. The van der Waals surface area contributed by atoms with Gasteiger partial charge in [-0.25, -0.2) is 9.80 Å². The molecule has 0 saturated carbocycles. The molecule has 2 atom stereocenters. The number of allylic oxidation sites excluding steroid dienone is 2. The maximum Gasteiger partial charge on any atom is 0.352 e. The fourth-order valence-corrected chi connectivity index (χ4v) is 6.85. The number of thioether (sulfide) groups is 2. The molecule has 20 heteroatoms. The summed E-state index contributed by atoms with van der Waals surface area (Å²) >= 11 is 3.84. The zero-order chi connectivity index (χ0) is 29.1. The van der Waals surface area contributed by atoms with Crippen LogP contribution in [-0.4, -0.2) is 102 Å². The number of carbonyl (C=O) groups is 3. The normalized spacial score (nSPS) is 21.2. The van der Waals surface area contributed by atoms with Crippen molar-refractivity contribution in [2.75, 3.05) is 37.4 Å². The molecule has 4 aliphatic rings. The number of β-lactam (4-membered cyclic amide) rings is 1. The molecule has 1 aromatic heterocycles. The first-order chi connectivity index (χ1) is 19.8. The van der Waals surface area contributed by atoms with Gasteiger partial charge in [-0.05, 0) is 17.7 Å². The highest BCUT2D eigenvalue weighted by Crippen LogP contribution is 2.41. The Balaban J connectivity index is 0.00000405. The second-order valence-corrected chi connectivity index (χ2v) is 11.6. The van der Waals surface area contributed by atoms with Crippen molar-refractivity contribution in [3.8, 4) is 0 Å². The number of nitrogen functional groups attached to an aromatic ring is 1. The van der Waals surface area contributed by atoms with E-state index in [9.17, 15) is 19.5 Å². The maximum atomic E-state index is 13.1. The van der Waals surface area contributed by atoms with Crippen molar-refractivity contribution in [1.82, 2.24) is 34.9 Å². The van der Waals surface area contributed by atoms with Gasteiger partial charge < -0.3 is 31.6 Å². The number of oxime groups is 1. The Morgan fingerprint density at radius 2 is 2.19 bits per heavy atom. The third-order valence-electron chi connectivity index (χ3n) is 6.08. The summed E-state index contributed by atoms with van der Waals surface area (Å²) in [6, 6.07) is -0.967. The predicted octanol–water partition coefficient (Wildman–Crippen LogP) is -0.359. The lowest BCUT2D eigenvalue weighted by molar-refractivity contribution is -0.150. The van der Waals surface area contributed by atoms with Crippen LogP contribution in [0.15, 0.2) is 56.8 Å². The molecule has 5 rings (SSSR count). The number of nitrogens with one attached hydrogen (secondary N) is 2. The monoisotopic (exact) mass is 655 g/mol. The van der Waals surface area contributed by atoms with Gasteiger partial charge >= 0.3 is 5.97 Å². The van der Waals surface area contributed by atoms with E-state index in [1.165, 1.54) is 30.1 Å². The van der Waals surface area contributed by atoms with E-state index in [1.807, 2.05) is 34.5 Å². The fraction of sp³-hybridized carbons (Fsp3) is 0.318. The van der Waals surface area contributed by atoms with Crippen molar-refractivity contribution in [3.63, 3.8) is 0 Å². The Hall–Kier alpha value is -3.94. The van der Waals surface area contributed by atoms with Crippen LogP contribution in [-0.2, 0) is 19.2 Å². The molecule has 1 saturated heterocycles.